The number of amides is 2. The number of rotatable bonds is 12. The van der Waals surface area contributed by atoms with Crippen molar-refractivity contribution < 1.29 is 26.6 Å². The first-order valence-corrected chi connectivity index (χ1v) is 12.4. The highest BCUT2D eigenvalue weighted by molar-refractivity contribution is 6.09. The second kappa shape index (κ2) is 15.4. The molecule has 2 amide bonds. The molecule has 2 aromatic rings. The van der Waals surface area contributed by atoms with E-state index in [-0.39, 0.29) is 30.8 Å². The molecule has 0 aliphatic heterocycles. The average molecular weight is 516 g/mol. The lowest BCUT2D eigenvalue weighted by atomic mass is 10.00. The second-order valence-electron chi connectivity index (χ2n) is 10.2. The van der Waals surface area contributed by atoms with Crippen LogP contribution < -0.4 is 27.7 Å². The zero-order valence-electron chi connectivity index (χ0n) is 22.7. The van der Waals surface area contributed by atoms with E-state index in [0.29, 0.717) is 24.1 Å². The maximum Gasteiger partial charge on any atom is 0.305 e. The minimum absolute atomic E-state index is 0. The van der Waals surface area contributed by atoms with Crippen LogP contribution in [0, 0.1) is 31.6 Å². The second-order valence-corrected chi connectivity index (χ2v) is 10.2. The fourth-order valence-electron chi connectivity index (χ4n) is 4.06. The first kappa shape index (κ1) is 31.3. The maximum atomic E-state index is 13.5. The van der Waals surface area contributed by atoms with Crippen molar-refractivity contribution in [3.8, 4) is 0 Å². The molecule has 0 saturated carbocycles. The normalized spacial score (nSPS) is 12.4. The molecule has 8 heteroatoms. The van der Waals surface area contributed by atoms with E-state index in [9.17, 15) is 9.59 Å². The van der Waals surface area contributed by atoms with Crippen LogP contribution in [-0.2, 0) is 16.1 Å². The number of carbonyl (C=O) groups is 2. The molecule has 0 bridgehead atoms. The molecule has 1 aromatic heterocycles. The molecule has 198 valence electrons. The number of hydrogen-bond acceptors (Lipinski definition) is 4. The van der Waals surface area contributed by atoms with Crippen LogP contribution >= 0.6 is 0 Å². The van der Waals surface area contributed by atoms with E-state index in [1.165, 1.54) is 0 Å². The monoisotopic (exact) mass is 515 g/mol. The Balaban J connectivity index is 0.00000648. The minimum Gasteiger partial charge on any atom is -1.00 e. The summed E-state index contributed by atoms with van der Waals surface area (Å²) in [7, 11) is 0. The van der Waals surface area contributed by atoms with E-state index >= 15 is 0 Å². The number of nitrogens with zero attached hydrogens (tertiary/aromatic N) is 3. The minimum atomic E-state index is -0.502. The quantitative estimate of drug-likeness (QED) is 0.251. The Labute approximate surface area is 222 Å². The first-order valence-electron chi connectivity index (χ1n) is 12.4. The molecular weight excluding hydrogens is 474 g/mol. The number of halogens is 1. The molecule has 0 radical (unpaired) electrons. The summed E-state index contributed by atoms with van der Waals surface area (Å²) in [6, 6.07) is 11.6. The van der Waals surface area contributed by atoms with E-state index in [0.717, 1.165) is 29.9 Å². The molecule has 0 aliphatic carbocycles. The lowest BCUT2D eigenvalue weighted by molar-refractivity contribution is -0.684. The first-order chi connectivity index (χ1) is 16.5. The van der Waals surface area contributed by atoms with E-state index in [1.807, 2.05) is 63.5 Å². The largest absolute Gasteiger partial charge is 1.00 e. The highest BCUT2D eigenvalue weighted by Gasteiger charge is 2.26. The number of nitrogens with one attached hydrogen (secondary N) is 2. The van der Waals surface area contributed by atoms with Gasteiger partial charge in [0, 0.05) is 43.2 Å². The van der Waals surface area contributed by atoms with Crippen molar-refractivity contribution in [2.24, 2.45) is 22.9 Å². The number of aryl methyl sites for hydroxylation is 2. The van der Waals surface area contributed by atoms with Crippen molar-refractivity contribution in [1.29, 1.82) is 0 Å². The Kier molecular flexibility index (Phi) is 13.3. The lowest BCUT2D eigenvalue weighted by Gasteiger charge is -2.30. The smallest absolute Gasteiger partial charge is 0.305 e. The summed E-state index contributed by atoms with van der Waals surface area (Å²) >= 11 is 0. The number of hydrazone groups is 1. The summed E-state index contributed by atoms with van der Waals surface area (Å²) in [6.07, 6.45) is 3.65. The highest BCUT2D eigenvalue weighted by Crippen LogP contribution is 2.18. The molecule has 0 fully saturated rings. The van der Waals surface area contributed by atoms with Crippen molar-refractivity contribution in [2.75, 3.05) is 25.0 Å². The molecule has 1 unspecified atom stereocenters. The van der Waals surface area contributed by atoms with Crippen LogP contribution in [0.15, 0.2) is 53.9 Å². The molecule has 0 aliphatic rings. The molecule has 0 spiro atoms. The molecule has 1 atom stereocenters. The summed E-state index contributed by atoms with van der Waals surface area (Å²) in [5.74, 6) is 0.0730. The number of anilines is 1. The molecule has 0 saturated heterocycles. The van der Waals surface area contributed by atoms with Crippen molar-refractivity contribution in [2.45, 2.75) is 55.0 Å². The summed E-state index contributed by atoms with van der Waals surface area (Å²) in [5, 5.41) is 7.44. The van der Waals surface area contributed by atoms with E-state index < -0.39 is 5.92 Å². The van der Waals surface area contributed by atoms with Crippen molar-refractivity contribution in [3.63, 3.8) is 0 Å². The number of benzene rings is 1. The molecular formula is C28H42ClN5O2. The SMILES string of the molecule is C/C(=N/NC(=O)C[n+]1ccccc1)C(CN(CC(C)C)CC(C)C)C(=O)Nc1ccc(C)cc1C.[Cl-]. The van der Waals surface area contributed by atoms with Gasteiger partial charge in [-0.2, -0.15) is 9.67 Å². The maximum absolute atomic E-state index is 13.5. The van der Waals surface area contributed by atoms with Gasteiger partial charge in [-0.15, -0.1) is 0 Å². The van der Waals surface area contributed by atoms with E-state index in [1.54, 1.807) is 4.57 Å². The molecule has 2 N–H and O–H groups in total. The van der Waals surface area contributed by atoms with Crippen LogP contribution in [0.1, 0.15) is 45.7 Å². The Bertz CT molecular complexity index is 998. The van der Waals surface area contributed by atoms with Crippen LogP contribution in [0.4, 0.5) is 5.69 Å². The summed E-state index contributed by atoms with van der Waals surface area (Å²) in [4.78, 5) is 28.3. The third-order valence-corrected chi connectivity index (χ3v) is 5.61. The van der Waals surface area contributed by atoms with E-state index in [4.69, 9.17) is 0 Å². The Morgan fingerprint density at radius 2 is 1.58 bits per heavy atom. The van der Waals surface area contributed by atoms with Crippen LogP contribution in [0.2, 0.25) is 0 Å². The van der Waals surface area contributed by atoms with Crippen molar-refractivity contribution in [1.82, 2.24) is 10.3 Å². The molecule has 7 nitrogen and oxygen atoms in total. The number of carbonyl (C=O) groups excluding carboxylic acids is 2. The number of aromatic nitrogens is 1. The third kappa shape index (κ3) is 10.9. The van der Waals surface area contributed by atoms with Gasteiger partial charge in [0.25, 0.3) is 0 Å². The predicted molar refractivity (Wildman–Crippen MR) is 142 cm³/mol. The molecule has 1 aromatic carbocycles. The Hall–Kier alpha value is -2.77. The van der Waals surface area contributed by atoms with Gasteiger partial charge in [0.2, 0.25) is 12.5 Å². The van der Waals surface area contributed by atoms with Gasteiger partial charge in [-0.3, -0.25) is 9.59 Å². The van der Waals surface area contributed by atoms with Crippen molar-refractivity contribution >= 4 is 23.2 Å². The Morgan fingerprint density at radius 1 is 0.972 bits per heavy atom. The fourth-order valence-corrected chi connectivity index (χ4v) is 4.06. The highest BCUT2D eigenvalue weighted by atomic mass is 35.5. The summed E-state index contributed by atoms with van der Waals surface area (Å²) in [6.45, 7) is 17.0. The zero-order valence-corrected chi connectivity index (χ0v) is 23.5. The van der Waals surface area contributed by atoms with Crippen LogP contribution in [0.3, 0.4) is 0 Å². The standard InChI is InChI=1S/C28H41N5O2.ClH/c1-20(2)16-33(17-21(3)4)18-25(28(35)29-26-12-11-22(5)15-23(26)6)24(7)30-31-27(34)19-32-13-9-8-10-14-32;/h8-15,20-21,25H,16-19H2,1-7H3,(H-,29,31,34,35);1H/b30-24-;. The number of hydrogen-bond donors (Lipinski definition) is 2. The van der Waals surface area contributed by atoms with Crippen LogP contribution in [-0.4, -0.2) is 42.1 Å². The van der Waals surface area contributed by atoms with Crippen LogP contribution in [0.5, 0.6) is 0 Å². The summed E-state index contributed by atoms with van der Waals surface area (Å²) in [5.41, 5.74) is 6.17. The average Bonchev–Trinajstić information content (AvgIpc) is 2.77. The third-order valence-electron chi connectivity index (χ3n) is 5.61. The molecule has 36 heavy (non-hydrogen) atoms. The van der Waals surface area contributed by atoms with Gasteiger partial charge >= 0.3 is 5.91 Å². The molecule has 1 heterocycles. The van der Waals surface area contributed by atoms with Gasteiger partial charge in [-0.1, -0.05) is 51.5 Å². The van der Waals surface area contributed by atoms with Gasteiger partial charge in [-0.05, 0) is 44.2 Å². The lowest BCUT2D eigenvalue weighted by Crippen LogP contribution is -3.00. The van der Waals surface area contributed by atoms with E-state index in [2.05, 4.69) is 54.5 Å². The van der Waals surface area contributed by atoms with Gasteiger partial charge in [0.05, 0.1) is 5.92 Å². The van der Waals surface area contributed by atoms with Gasteiger partial charge in [0.1, 0.15) is 0 Å². The topological polar surface area (TPSA) is 77.7 Å². The summed E-state index contributed by atoms with van der Waals surface area (Å²) < 4.78 is 1.78. The van der Waals surface area contributed by atoms with Crippen LogP contribution in [0.25, 0.3) is 0 Å². The van der Waals surface area contributed by atoms with Gasteiger partial charge in [-0.25, -0.2) is 5.43 Å². The van der Waals surface area contributed by atoms with Crippen molar-refractivity contribution in [3.05, 3.63) is 59.9 Å². The zero-order chi connectivity index (χ0) is 26.0. The fraction of sp³-hybridized carbons (Fsp3) is 0.500. The van der Waals surface area contributed by atoms with Gasteiger partial charge < -0.3 is 22.6 Å². The number of pyridine rings is 1. The predicted octanol–water partition coefficient (Wildman–Crippen LogP) is 0.956. The molecule has 2 rings (SSSR count). The Morgan fingerprint density at radius 3 is 2.14 bits per heavy atom. The van der Waals surface area contributed by atoms with Gasteiger partial charge in [0.15, 0.2) is 12.4 Å².